The van der Waals surface area contributed by atoms with Gasteiger partial charge in [-0.15, -0.1) is 12.4 Å². The Morgan fingerprint density at radius 3 is 2.63 bits per heavy atom. The van der Waals surface area contributed by atoms with E-state index in [1.54, 1.807) is 6.92 Å². The predicted octanol–water partition coefficient (Wildman–Crippen LogP) is 0.614. The van der Waals surface area contributed by atoms with Crippen LogP contribution in [0.4, 0.5) is 0 Å². The summed E-state index contributed by atoms with van der Waals surface area (Å²) in [6, 6.07) is 5.67. The third-order valence-corrected chi connectivity index (χ3v) is 3.92. The van der Waals surface area contributed by atoms with Crippen LogP contribution in [0.5, 0.6) is 5.75 Å². The van der Waals surface area contributed by atoms with Gasteiger partial charge in [-0.2, -0.15) is 5.26 Å². The first-order valence-electron chi connectivity index (χ1n) is 5.25. The summed E-state index contributed by atoms with van der Waals surface area (Å²) in [5.74, 6) is 0.130. The molecule has 0 saturated heterocycles. The number of benzene rings is 1. The summed E-state index contributed by atoms with van der Waals surface area (Å²) in [4.78, 5) is -0.00991. The molecule has 0 aromatic heterocycles. The zero-order valence-corrected chi connectivity index (χ0v) is 12.2. The number of nitrogens with two attached hydrogens (primary N) is 1. The monoisotopic (exact) mass is 305 g/mol. The van der Waals surface area contributed by atoms with Crippen LogP contribution in [0, 0.1) is 11.3 Å². The van der Waals surface area contributed by atoms with Crippen molar-refractivity contribution in [3.8, 4) is 11.8 Å². The second-order valence-corrected chi connectivity index (χ2v) is 5.42. The number of halogens is 1. The molecule has 106 valence electrons. The third kappa shape index (κ3) is 4.36. The topological polar surface area (TPSA) is 105 Å². The molecule has 0 aliphatic rings. The van der Waals surface area contributed by atoms with E-state index in [1.807, 2.05) is 6.07 Å². The number of methoxy groups -OCH3 is 1. The number of ether oxygens (including phenoxy) is 1. The maximum Gasteiger partial charge on any atom is 0.244 e. The molecule has 0 aliphatic carbocycles. The summed E-state index contributed by atoms with van der Waals surface area (Å²) in [6.07, 6.45) is 0. The fourth-order valence-corrected chi connectivity index (χ4v) is 2.74. The molecule has 0 bridgehead atoms. The normalized spacial score (nSPS) is 12.1. The van der Waals surface area contributed by atoms with Crippen LogP contribution in [0.3, 0.4) is 0 Å². The lowest BCUT2D eigenvalue weighted by Crippen LogP contribution is -2.37. The van der Waals surface area contributed by atoms with Crippen LogP contribution in [-0.4, -0.2) is 28.1 Å². The van der Waals surface area contributed by atoms with Gasteiger partial charge in [-0.25, -0.2) is 13.1 Å². The van der Waals surface area contributed by atoms with Crippen LogP contribution in [0.15, 0.2) is 23.1 Å². The number of nitrogens with zero attached hydrogens (tertiary/aromatic N) is 1. The maximum absolute atomic E-state index is 12.1. The Morgan fingerprint density at radius 1 is 1.53 bits per heavy atom. The van der Waals surface area contributed by atoms with Crippen LogP contribution >= 0.6 is 12.4 Å². The molecule has 19 heavy (non-hydrogen) atoms. The number of hydrogen-bond donors (Lipinski definition) is 2. The van der Waals surface area contributed by atoms with E-state index in [2.05, 4.69) is 4.72 Å². The van der Waals surface area contributed by atoms with Crippen molar-refractivity contribution >= 4 is 22.4 Å². The first kappa shape index (κ1) is 17.7. The summed E-state index contributed by atoms with van der Waals surface area (Å²) < 4.78 is 31.5. The molecular weight excluding hydrogens is 290 g/mol. The Morgan fingerprint density at radius 2 is 2.16 bits per heavy atom. The van der Waals surface area contributed by atoms with Crippen LogP contribution in [0.25, 0.3) is 0 Å². The highest BCUT2D eigenvalue weighted by molar-refractivity contribution is 7.89. The molecule has 1 aromatic carbocycles. The van der Waals surface area contributed by atoms with Crippen molar-refractivity contribution in [2.24, 2.45) is 5.73 Å². The smallest absolute Gasteiger partial charge is 0.244 e. The summed E-state index contributed by atoms with van der Waals surface area (Å²) in [7, 11) is -2.35. The summed E-state index contributed by atoms with van der Waals surface area (Å²) in [5.41, 5.74) is 5.70. The molecule has 0 amide bonds. The van der Waals surface area contributed by atoms with Crippen LogP contribution in [0.2, 0.25) is 0 Å². The second kappa shape index (κ2) is 7.31. The predicted molar refractivity (Wildman–Crippen MR) is 73.8 cm³/mol. The van der Waals surface area contributed by atoms with Gasteiger partial charge in [0.25, 0.3) is 0 Å². The van der Waals surface area contributed by atoms with Crippen LogP contribution in [-0.2, 0) is 10.0 Å². The van der Waals surface area contributed by atoms with Gasteiger partial charge in [-0.05, 0) is 25.1 Å². The molecule has 0 spiro atoms. The van der Waals surface area contributed by atoms with E-state index in [9.17, 15) is 8.42 Å². The average molecular weight is 306 g/mol. The van der Waals surface area contributed by atoms with Crippen LogP contribution in [0.1, 0.15) is 12.5 Å². The Bertz CT molecular complexity index is 569. The fourth-order valence-electron chi connectivity index (χ4n) is 1.34. The number of nitrogens with one attached hydrogen (secondary N) is 1. The van der Waals surface area contributed by atoms with Gasteiger partial charge in [-0.3, -0.25) is 0 Å². The fraction of sp³-hybridized carbons (Fsp3) is 0.364. The molecule has 3 N–H and O–H groups in total. The number of sulfonamides is 1. The van der Waals surface area contributed by atoms with Gasteiger partial charge < -0.3 is 10.5 Å². The summed E-state index contributed by atoms with van der Waals surface area (Å²) >= 11 is 0. The molecule has 6 nitrogen and oxygen atoms in total. The molecule has 0 heterocycles. The Balaban J connectivity index is 0.00000324. The largest absolute Gasteiger partial charge is 0.495 e. The van der Waals surface area contributed by atoms with Crippen molar-refractivity contribution in [2.45, 2.75) is 17.9 Å². The minimum Gasteiger partial charge on any atom is -0.495 e. The van der Waals surface area contributed by atoms with Crippen molar-refractivity contribution < 1.29 is 13.2 Å². The molecule has 0 aliphatic heterocycles. The lowest BCUT2D eigenvalue weighted by Gasteiger charge is -2.14. The van der Waals surface area contributed by atoms with Gasteiger partial charge in [-0.1, -0.05) is 0 Å². The first-order valence-corrected chi connectivity index (χ1v) is 6.73. The van der Waals surface area contributed by atoms with E-state index < -0.39 is 10.0 Å². The third-order valence-electron chi connectivity index (χ3n) is 2.29. The highest BCUT2D eigenvalue weighted by Crippen LogP contribution is 2.24. The van der Waals surface area contributed by atoms with Gasteiger partial charge in [0.2, 0.25) is 10.0 Å². The Kier molecular flexibility index (Phi) is 6.79. The van der Waals surface area contributed by atoms with Gasteiger partial charge in [0.05, 0.1) is 18.7 Å². The van der Waals surface area contributed by atoms with Crippen molar-refractivity contribution in [1.29, 1.82) is 5.26 Å². The highest BCUT2D eigenvalue weighted by atomic mass is 35.5. The van der Waals surface area contributed by atoms with Gasteiger partial charge in [0.15, 0.2) is 0 Å². The number of rotatable bonds is 5. The molecule has 0 fully saturated rings. The Hall–Kier alpha value is -1.33. The second-order valence-electron chi connectivity index (χ2n) is 3.74. The van der Waals surface area contributed by atoms with Crippen molar-refractivity contribution in [3.05, 3.63) is 23.8 Å². The molecular formula is C11H16ClN3O3S. The molecule has 0 unspecified atom stereocenters. The molecule has 0 radical (unpaired) electrons. The standard InChI is InChI=1S/C11H15N3O3S.ClH/c1-8(6-12)14-18(15,16)11-4-3-9(7-13)5-10(11)17-2;/h3-5,8,14H,6,12H2,1-2H3;1H/t8-;/m1./s1. The molecule has 1 rings (SSSR count). The minimum atomic E-state index is -3.70. The molecule has 0 saturated carbocycles. The zero-order valence-electron chi connectivity index (χ0n) is 10.6. The summed E-state index contributed by atoms with van der Waals surface area (Å²) in [5, 5.41) is 8.75. The van der Waals surface area contributed by atoms with E-state index in [0.29, 0.717) is 5.56 Å². The van der Waals surface area contributed by atoms with Crippen molar-refractivity contribution in [3.63, 3.8) is 0 Å². The van der Waals surface area contributed by atoms with E-state index in [-0.39, 0.29) is 35.6 Å². The van der Waals surface area contributed by atoms with E-state index in [0.717, 1.165) is 0 Å². The first-order chi connectivity index (χ1) is 8.44. The molecule has 8 heteroatoms. The van der Waals surface area contributed by atoms with Crippen LogP contribution < -0.4 is 15.2 Å². The summed E-state index contributed by atoms with van der Waals surface area (Å²) in [6.45, 7) is 1.85. The van der Waals surface area contributed by atoms with E-state index in [4.69, 9.17) is 15.7 Å². The van der Waals surface area contributed by atoms with Gasteiger partial charge in [0.1, 0.15) is 10.6 Å². The average Bonchev–Trinajstić information content (AvgIpc) is 2.37. The number of hydrogen-bond acceptors (Lipinski definition) is 5. The minimum absolute atomic E-state index is 0. The van der Waals surface area contributed by atoms with E-state index in [1.165, 1.54) is 25.3 Å². The maximum atomic E-state index is 12.1. The highest BCUT2D eigenvalue weighted by Gasteiger charge is 2.21. The lowest BCUT2D eigenvalue weighted by molar-refractivity contribution is 0.402. The molecule has 1 aromatic rings. The van der Waals surface area contributed by atoms with Crippen molar-refractivity contribution in [2.75, 3.05) is 13.7 Å². The molecule has 1 atom stereocenters. The zero-order chi connectivity index (χ0) is 13.8. The van der Waals surface area contributed by atoms with Gasteiger partial charge in [0, 0.05) is 12.6 Å². The van der Waals surface area contributed by atoms with Crippen molar-refractivity contribution in [1.82, 2.24) is 4.72 Å². The lowest BCUT2D eigenvalue weighted by atomic mass is 10.2. The van der Waals surface area contributed by atoms with Gasteiger partial charge >= 0.3 is 0 Å². The Labute approximate surface area is 119 Å². The number of nitriles is 1. The van der Waals surface area contributed by atoms with E-state index >= 15 is 0 Å². The quantitative estimate of drug-likeness (QED) is 0.829. The SMILES string of the molecule is COc1cc(C#N)ccc1S(=O)(=O)N[C@H](C)CN.Cl.